The molecule has 8 nitrogen and oxygen atoms in total. The molecule has 0 fully saturated rings. The maximum Gasteiger partial charge on any atom is 0.317 e. The van der Waals surface area contributed by atoms with Crippen LogP contribution in [0.15, 0.2) is 30.3 Å². The minimum absolute atomic E-state index is 0.108. The van der Waals surface area contributed by atoms with Gasteiger partial charge in [-0.25, -0.2) is 0 Å². The van der Waals surface area contributed by atoms with Crippen LogP contribution in [0.3, 0.4) is 0 Å². The molecule has 0 unspecified atom stereocenters. The first kappa shape index (κ1) is 15.0. The lowest BCUT2D eigenvalue weighted by Crippen LogP contribution is -2.05. The molecule has 1 N–H and O–H groups in total. The molecule has 0 bridgehead atoms. The van der Waals surface area contributed by atoms with Gasteiger partial charge in [-0.05, 0) is 24.3 Å². The highest BCUT2D eigenvalue weighted by Crippen LogP contribution is 2.41. The third-order valence-electron chi connectivity index (χ3n) is 4.14. The quantitative estimate of drug-likeness (QED) is 0.762. The van der Waals surface area contributed by atoms with Gasteiger partial charge in [0.1, 0.15) is 6.61 Å². The van der Waals surface area contributed by atoms with E-state index in [0.29, 0.717) is 34.2 Å². The number of nitrogens with zero attached hydrogens (tertiary/aromatic N) is 2. The molecular weight excluding hydrogens is 340 g/mol. The molecule has 3 aromatic rings. The van der Waals surface area contributed by atoms with Crippen LogP contribution in [0, 0.1) is 0 Å². The summed E-state index contributed by atoms with van der Waals surface area (Å²) in [5.41, 5.74) is 2.15. The van der Waals surface area contributed by atoms with Crippen molar-refractivity contribution < 1.29 is 28.8 Å². The van der Waals surface area contributed by atoms with Crippen LogP contribution in [0.5, 0.6) is 29.0 Å². The lowest BCUT2D eigenvalue weighted by molar-refractivity contribution is 0.173. The van der Waals surface area contributed by atoms with Gasteiger partial charge in [0.15, 0.2) is 23.0 Å². The van der Waals surface area contributed by atoms with Crippen molar-refractivity contribution in [3.05, 3.63) is 30.3 Å². The Balaban J connectivity index is 1.70. The van der Waals surface area contributed by atoms with Crippen LogP contribution in [0.2, 0.25) is 0 Å². The maximum atomic E-state index is 9.01. The molecule has 26 heavy (non-hydrogen) atoms. The van der Waals surface area contributed by atoms with Gasteiger partial charge >= 0.3 is 6.01 Å². The molecule has 2 aliphatic heterocycles. The summed E-state index contributed by atoms with van der Waals surface area (Å²) in [6.45, 7) is 0.359. The number of aliphatic hydroxyl groups excluding tert-OH is 1. The van der Waals surface area contributed by atoms with Gasteiger partial charge < -0.3 is 28.8 Å². The van der Waals surface area contributed by atoms with Gasteiger partial charge in [-0.1, -0.05) is 0 Å². The van der Waals surface area contributed by atoms with E-state index in [4.69, 9.17) is 28.8 Å². The first-order valence-corrected chi connectivity index (χ1v) is 8.07. The van der Waals surface area contributed by atoms with Crippen molar-refractivity contribution in [2.45, 2.75) is 0 Å². The number of fused-ring (bicyclic) bond motifs is 3. The van der Waals surface area contributed by atoms with E-state index in [1.54, 1.807) is 6.07 Å². The number of benzene rings is 2. The van der Waals surface area contributed by atoms with Crippen molar-refractivity contribution in [3.8, 4) is 40.3 Å². The summed E-state index contributed by atoms with van der Waals surface area (Å²) >= 11 is 0. The number of aliphatic hydroxyl groups is 1. The Morgan fingerprint density at radius 3 is 2.42 bits per heavy atom. The summed E-state index contributed by atoms with van der Waals surface area (Å²) in [6, 6.07) is 9.43. The van der Waals surface area contributed by atoms with E-state index in [-0.39, 0.29) is 32.8 Å². The monoisotopic (exact) mass is 354 g/mol. The summed E-state index contributed by atoms with van der Waals surface area (Å²) in [4.78, 5) is 8.94. The summed E-state index contributed by atoms with van der Waals surface area (Å²) in [7, 11) is 0. The Bertz CT molecular complexity index is 1010. The van der Waals surface area contributed by atoms with Gasteiger partial charge in [-0.2, -0.15) is 9.97 Å². The highest BCUT2D eigenvalue weighted by atomic mass is 16.7. The van der Waals surface area contributed by atoms with Gasteiger partial charge in [0.05, 0.1) is 17.8 Å². The van der Waals surface area contributed by atoms with E-state index >= 15 is 0 Å². The molecule has 0 spiro atoms. The number of hydrogen-bond acceptors (Lipinski definition) is 8. The summed E-state index contributed by atoms with van der Waals surface area (Å²) in [5, 5.41) is 9.81. The fraction of sp³-hybridized carbons (Fsp3) is 0.222. The van der Waals surface area contributed by atoms with E-state index in [0.717, 1.165) is 10.9 Å². The van der Waals surface area contributed by atoms with Gasteiger partial charge in [-0.3, -0.25) is 0 Å². The number of ether oxygens (including phenoxy) is 5. The Morgan fingerprint density at radius 2 is 1.62 bits per heavy atom. The Kier molecular flexibility index (Phi) is 3.42. The first-order valence-electron chi connectivity index (χ1n) is 8.07. The minimum atomic E-state index is -0.123. The summed E-state index contributed by atoms with van der Waals surface area (Å²) in [5.74, 6) is 2.63. The fourth-order valence-electron chi connectivity index (χ4n) is 2.96. The van der Waals surface area contributed by atoms with Crippen LogP contribution in [-0.4, -0.2) is 41.9 Å². The number of rotatable bonds is 4. The average molecular weight is 354 g/mol. The number of aromatic nitrogens is 2. The maximum absolute atomic E-state index is 9.01. The van der Waals surface area contributed by atoms with Crippen molar-refractivity contribution >= 4 is 10.9 Å². The molecule has 0 aliphatic carbocycles. The molecule has 5 rings (SSSR count). The van der Waals surface area contributed by atoms with Crippen LogP contribution >= 0.6 is 0 Å². The minimum Gasteiger partial charge on any atom is -0.461 e. The van der Waals surface area contributed by atoms with Crippen LogP contribution in [0.4, 0.5) is 0 Å². The predicted octanol–water partition coefficient (Wildman–Crippen LogP) is 2.13. The Labute approximate surface area is 147 Å². The van der Waals surface area contributed by atoms with Gasteiger partial charge in [-0.15, -0.1) is 0 Å². The summed E-state index contributed by atoms with van der Waals surface area (Å²) in [6.07, 6.45) is 0. The molecule has 0 saturated heterocycles. The summed E-state index contributed by atoms with van der Waals surface area (Å²) < 4.78 is 27.2. The van der Waals surface area contributed by atoms with Gasteiger partial charge in [0.2, 0.25) is 13.6 Å². The standard InChI is InChI=1S/C18H14N2O6/c21-3-4-22-18-19-12-7-16-15(25-9-26-16)6-11(12)17(20-18)10-1-2-13-14(5-10)24-8-23-13/h1-2,5-7,21H,3-4,8-9H2. The molecule has 2 aromatic carbocycles. The van der Waals surface area contributed by atoms with Crippen molar-refractivity contribution in [1.29, 1.82) is 0 Å². The fourth-order valence-corrected chi connectivity index (χ4v) is 2.96. The largest absolute Gasteiger partial charge is 0.461 e. The second-order valence-electron chi connectivity index (χ2n) is 5.72. The molecule has 0 atom stereocenters. The van der Waals surface area contributed by atoms with Crippen molar-refractivity contribution in [2.24, 2.45) is 0 Å². The van der Waals surface area contributed by atoms with Crippen molar-refractivity contribution in [1.82, 2.24) is 9.97 Å². The van der Waals surface area contributed by atoms with Crippen molar-refractivity contribution in [2.75, 3.05) is 26.8 Å². The zero-order valence-corrected chi connectivity index (χ0v) is 13.6. The smallest absolute Gasteiger partial charge is 0.317 e. The molecular formula is C18H14N2O6. The van der Waals surface area contributed by atoms with Gasteiger partial charge in [0.25, 0.3) is 0 Å². The lowest BCUT2D eigenvalue weighted by atomic mass is 10.1. The first-order chi connectivity index (χ1) is 12.8. The SMILES string of the molecule is OCCOc1nc(-c2ccc3c(c2)OCO3)c2cc3c(cc2n1)OCO3. The number of hydrogen-bond donors (Lipinski definition) is 1. The van der Waals surface area contributed by atoms with Crippen LogP contribution in [0.1, 0.15) is 0 Å². The molecule has 0 radical (unpaired) electrons. The molecule has 8 heteroatoms. The zero-order chi connectivity index (χ0) is 17.5. The van der Waals surface area contributed by atoms with Crippen LogP contribution < -0.4 is 23.7 Å². The Morgan fingerprint density at radius 1 is 0.885 bits per heavy atom. The van der Waals surface area contributed by atoms with Crippen LogP contribution in [-0.2, 0) is 0 Å². The van der Waals surface area contributed by atoms with Gasteiger partial charge in [0, 0.05) is 17.0 Å². The van der Waals surface area contributed by atoms with E-state index in [1.807, 2.05) is 24.3 Å². The third-order valence-corrected chi connectivity index (χ3v) is 4.14. The second kappa shape index (κ2) is 5.92. The highest BCUT2D eigenvalue weighted by Gasteiger charge is 2.21. The normalized spacial score (nSPS) is 14.0. The lowest BCUT2D eigenvalue weighted by Gasteiger charge is -2.10. The van der Waals surface area contributed by atoms with Crippen molar-refractivity contribution in [3.63, 3.8) is 0 Å². The van der Waals surface area contributed by atoms with E-state index in [9.17, 15) is 0 Å². The average Bonchev–Trinajstić information content (AvgIpc) is 3.31. The third kappa shape index (κ3) is 2.42. The topological polar surface area (TPSA) is 92.2 Å². The Hall–Kier alpha value is -3.26. The molecule has 1 aromatic heterocycles. The molecule has 0 saturated carbocycles. The van der Waals surface area contributed by atoms with Crippen LogP contribution in [0.25, 0.3) is 22.2 Å². The second-order valence-corrected chi connectivity index (χ2v) is 5.72. The molecule has 0 amide bonds. The predicted molar refractivity (Wildman–Crippen MR) is 89.8 cm³/mol. The highest BCUT2D eigenvalue weighted by molar-refractivity contribution is 5.95. The van der Waals surface area contributed by atoms with E-state index < -0.39 is 0 Å². The zero-order valence-electron chi connectivity index (χ0n) is 13.6. The van der Waals surface area contributed by atoms with E-state index in [2.05, 4.69) is 9.97 Å². The molecule has 132 valence electrons. The molecule has 3 heterocycles. The molecule has 2 aliphatic rings. The van der Waals surface area contributed by atoms with E-state index in [1.165, 1.54) is 0 Å².